The summed E-state index contributed by atoms with van der Waals surface area (Å²) in [6.45, 7) is 9.57. The predicted molar refractivity (Wildman–Crippen MR) is 80.2 cm³/mol. The first kappa shape index (κ1) is 15.3. The highest BCUT2D eigenvalue weighted by molar-refractivity contribution is 4.88. The lowest BCUT2D eigenvalue weighted by Crippen LogP contribution is -2.45. The van der Waals surface area contributed by atoms with Gasteiger partial charge in [0.25, 0.3) is 0 Å². The van der Waals surface area contributed by atoms with Gasteiger partial charge in [-0.3, -0.25) is 0 Å². The largest absolute Gasteiger partial charge is 0.396 e. The van der Waals surface area contributed by atoms with Crippen LogP contribution in [0.2, 0.25) is 0 Å². The molecule has 19 heavy (non-hydrogen) atoms. The van der Waals surface area contributed by atoms with E-state index in [0.29, 0.717) is 12.5 Å². The highest BCUT2D eigenvalue weighted by atomic mass is 16.3. The van der Waals surface area contributed by atoms with Crippen LogP contribution in [0.4, 0.5) is 0 Å². The molecule has 1 saturated carbocycles. The fourth-order valence-corrected chi connectivity index (χ4v) is 4.02. The van der Waals surface area contributed by atoms with Crippen LogP contribution in [-0.4, -0.2) is 48.8 Å². The zero-order valence-corrected chi connectivity index (χ0v) is 12.8. The summed E-state index contributed by atoms with van der Waals surface area (Å²) in [5, 5.41) is 13.0. The zero-order chi connectivity index (χ0) is 13.7. The van der Waals surface area contributed by atoms with Crippen molar-refractivity contribution in [1.29, 1.82) is 0 Å². The summed E-state index contributed by atoms with van der Waals surface area (Å²) in [5.74, 6) is 2.29. The van der Waals surface area contributed by atoms with Gasteiger partial charge >= 0.3 is 0 Å². The Balaban J connectivity index is 1.86. The highest BCUT2D eigenvalue weighted by Gasteiger charge is 2.32. The first-order valence-corrected chi connectivity index (χ1v) is 8.33. The molecule has 3 heteroatoms. The van der Waals surface area contributed by atoms with Crippen LogP contribution in [0.3, 0.4) is 0 Å². The van der Waals surface area contributed by atoms with Crippen molar-refractivity contribution in [2.24, 2.45) is 17.8 Å². The van der Waals surface area contributed by atoms with E-state index in [9.17, 15) is 5.11 Å². The van der Waals surface area contributed by atoms with Crippen molar-refractivity contribution in [3.8, 4) is 0 Å². The Morgan fingerprint density at radius 3 is 2.63 bits per heavy atom. The van der Waals surface area contributed by atoms with E-state index in [1.165, 1.54) is 45.2 Å². The maximum atomic E-state index is 9.27. The van der Waals surface area contributed by atoms with Gasteiger partial charge in [0.05, 0.1) is 0 Å². The molecule has 2 N–H and O–H groups in total. The highest BCUT2D eigenvalue weighted by Crippen LogP contribution is 2.32. The molecule has 0 aromatic rings. The summed E-state index contributed by atoms with van der Waals surface area (Å²) in [7, 11) is 0. The fourth-order valence-electron chi connectivity index (χ4n) is 4.02. The molecule has 0 radical (unpaired) electrons. The quantitative estimate of drug-likeness (QED) is 0.774. The van der Waals surface area contributed by atoms with Crippen molar-refractivity contribution in [3.05, 3.63) is 0 Å². The van der Waals surface area contributed by atoms with Crippen LogP contribution < -0.4 is 5.32 Å². The molecule has 1 aliphatic heterocycles. The van der Waals surface area contributed by atoms with Crippen molar-refractivity contribution < 1.29 is 5.11 Å². The van der Waals surface area contributed by atoms with Crippen molar-refractivity contribution >= 4 is 0 Å². The van der Waals surface area contributed by atoms with Gasteiger partial charge in [0, 0.05) is 25.7 Å². The Hall–Kier alpha value is -0.120. The number of nitrogens with one attached hydrogen (secondary N) is 1. The van der Waals surface area contributed by atoms with Crippen LogP contribution >= 0.6 is 0 Å². The minimum absolute atomic E-state index is 0.370. The summed E-state index contributed by atoms with van der Waals surface area (Å²) in [6, 6.07) is 0.723. The smallest absolute Gasteiger partial charge is 0.0471 e. The van der Waals surface area contributed by atoms with E-state index in [2.05, 4.69) is 24.1 Å². The van der Waals surface area contributed by atoms with Crippen LogP contribution in [0, 0.1) is 17.8 Å². The molecular formula is C16H32N2O. The minimum Gasteiger partial charge on any atom is -0.396 e. The van der Waals surface area contributed by atoms with Crippen LogP contribution in [-0.2, 0) is 0 Å². The second-order valence-electron chi connectivity index (χ2n) is 6.61. The molecule has 2 rings (SSSR count). The topological polar surface area (TPSA) is 35.5 Å². The number of nitrogens with zero attached hydrogens (tertiary/aromatic N) is 1. The van der Waals surface area contributed by atoms with Crippen LogP contribution in [0.5, 0.6) is 0 Å². The molecule has 0 spiro atoms. The summed E-state index contributed by atoms with van der Waals surface area (Å²) in [6.07, 6.45) is 6.69. The molecule has 0 amide bonds. The van der Waals surface area contributed by atoms with Crippen LogP contribution in [0.25, 0.3) is 0 Å². The standard InChI is InChI=1S/C16H32N2O/c1-3-13-5-6-16(17-4-2)15(9-13)11-18-8-7-14(10-18)12-19/h13-17,19H,3-12H2,1-2H3. The van der Waals surface area contributed by atoms with Crippen molar-refractivity contribution in [3.63, 3.8) is 0 Å². The second-order valence-corrected chi connectivity index (χ2v) is 6.61. The first-order chi connectivity index (χ1) is 9.26. The van der Waals surface area contributed by atoms with Gasteiger partial charge in [0.1, 0.15) is 0 Å². The molecule has 1 saturated heterocycles. The number of hydrogen-bond acceptors (Lipinski definition) is 3. The minimum atomic E-state index is 0.370. The lowest BCUT2D eigenvalue weighted by Gasteiger charge is -2.38. The summed E-state index contributed by atoms with van der Waals surface area (Å²) in [4.78, 5) is 2.59. The molecule has 0 aromatic heterocycles. The van der Waals surface area contributed by atoms with Gasteiger partial charge in [-0.15, -0.1) is 0 Å². The Labute approximate surface area is 118 Å². The number of rotatable bonds is 6. The molecular weight excluding hydrogens is 236 g/mol. The summed E-state index contributed by atoms with van der Waals surface area (Å²) >= 11 is 0. The Morgan fingerprint density at radius 2 is 2.00 bits per heavy atom. The van der Waals surface area contributed by atoms with Gasteiger partial charge in [0.15, 0.2) is 0 Å². The Bertz CT molecular complexity index is 259. The van der Waals surface area contributed by atoms with Crippen molar-refractivity contribution in [1.82, 2.24) is 10.2 Å². The van der Waals surface area contributed by atoms with E-state index in [1.807, 2.05) is 0 Å². The second kappa shape index (κ2) is 7.61. The molecule has 112 valence electrons. The van der Waals surface area contributed by atoms with E-state index in [0.717, 1.165) is 31.0 Å². The molecule has 2 fully saturated rings. The monoisotopic (exact) mass is 268 g/mol. The number of aliphatic hydroxyl groups is 1. The first-order valence-electron chi connectivity index (χ1n) is 8.33. The third-order valence-electron chi connectivity index (χ3n) is 5.26. The SMILES string of the molecule is CCNC1CCC(CC)CC1CN1CCC(CO)C1. The number of likely N-dealkylation sites (tertiary alicyclic amines) is 1. The number of aliphatic hydroxyl groups excluding tert-OH is 1. The van der Waals surface area contributed by atoms with E-state index in [-0.39, 0.29) is 0 Å². The number of hydrogen-bond donors (Lipinski definition) is 2. The van der Waals surface area contributed by atoms with Gasteiger partial charge < -0.3 is 15.3 Å². The van der Waals surface area contributed by atoms with Gasteiger partial charge in [0.2, 0.25) is 0 Å². The molecule has 4 atom stereocenters. The summed E-state index contributed by atoms with van der Waals surface area (Å²) in [5.41, 5.74) is 0. The molecule has 0 bridgehead atoms. The van der Waals surface area contributed by atoms with Crippen LogP contribution in [0.1, 0.15) is 46.0 Å². The lowest BCUT2D eigenvalue weighted by molar-refractivity contribution is 0.146. The lowest BCUT2D eigenvalue weighted by atomic mass is 9.76. The zero-order valence-electron chi connectivity index (χ0n) is 12.8. The Kier molecular flexibility index (Phi) is 6.11. The Morgan fingerprint density at radius 1 is 1.16 bits per heavy atom. The molecule has 3 nitrogen and oxygen atoms in total. The molecule has 4 unspecified atom stereocenters. The normalized spacial score (nSPS) is 36.8. The molecule has 1 heterocycles. The maximum absolute atomic E-state index is 9.27. The summed E-state index contributed by atoms with van der Waals surface area (Å²) < 4.78 is 0. The third-order valence-corrected chi connectivity index (χ3v) is 5.26. The molecule has 1 aliphatic carbocycles. The van der Waals surface area contributed by atoms with Gasteiger partial charge in [-0.25, -0.2) is 0 Å². The third kappa shape index (κ3) is 4.17. The van der Waals surface area contributed by atoms with Crippen molar-refractivity contribution in [2.75, 3.05) is 32.8 Å². The van der Waals surface area contributed by atoms with Crippen molar-refractivity contribution in [2.45, 2.75) is 52.0 Å². The molecule has 2 aliphatic rings. The van der Waals surface area contributed by atoms with Crippen LogP contribution in [0.15, 0.2) is 0 Å². The van der Waals surface area contributed by atoms with E-state index >= 15 is 0 Å². The van der Waals surface area contributed by atoms with E-state index < -0.39 is 0 Å². The average Bonchev–Trinajstić information content (AvgIpc) is 2.88. The fraction of sp³-hybridized carbons (Fsp3) is 1.00. The van der Waals surface area contributed by atoms with Gasteiger partial charge in [-0.2, -0.15) is 0 Å². The van der Waals surface area contributed by atoms with Gasteiger partial charge in [-0.1, -0.05) is 20.3 Å². The van der Waals surface area contributed by atoms with E-state index in [1.54, 1.807) is 0 Å². The van der Waals surface area contributed by atoms with Gasteiger partial charge in [-0.05, 0) is 56.5 Å². The average molecular weight is 268 g/mol. The predicted octanol–water partition coefficient (Wildman–Crippen LogP) is 2.11. The molecule has 0 aromatic carbocycles. The van der Waals surface area contributed by atoms with E-state index in [4.69, 9.17) is 0 Å². The maximum Gasteiger partial charge on any atom is 0.0471 e.